The highest BCUT2D eigenvalue weighted by Crippen LogP contribution is 2.25. The number of amides is 1. The molecule has 0 spiro atoms. The zero-order valence-electron chi connectivity index (χ0n) is 13.4. The van der Waals surface area contributed by atoms with Gasteiger partial charge in [0.05, 0.1) is 26.0 Å². The highest BCUT2D eigenvalue weighted by atomic mass is 32.2. The van der Waals surface area contributed by atoms with E-state index in [-0.39, 0.29) is 13.2 Å². The molecule has 0 aromatic heterocycles. The molecular formula is C15H20N2O6S. The van der Waals surface area contributed by atoms with Crippen LogP contribution in [-0.2, 0) is 23.8 Å². The lowest BCUT2D eigenvalue weighted by Gasteiger charge is -2.29. The second-order valence-electron chi connectivity index (χ2n) is 5.72. The van der Waals surface area contributed by atoms with Crippen LogP contribution in [-0.4, -0.2) is 66.3 Å². The molecule has 2 heterocycles. The third-order valence-corrected chi connectivity index (χ3v) is 4.44. The standard InChI is InChI=1S/C15H20N2O6S/c1-24(19,20)22-11-14-10-17(15(18)23-14)13-4-2-12(3-5-13)16-6-8-21-9-7-16/h2-5,14H,6-11H2,1H3/t14-/m1/s1. The van der Waals surface area contributed by atoms with E-state index in [0.29, 0.717) is 18.9 Å². The van der Waals surface area contributed by atoms with Crippen LogP contribution >= 0.6 is 0 Å². The Morgan fingerprint density at radius 3 is 2.42 bits per heavy atom. The molecule has 0 bridgehead atoms. The van der Waals surface area contributed by atoms with Crippen molar-refractivity contribution in [2.24, 2.45) is 0 Å². The van der Waals surface area contributed by atoms with Crippen LogP contribution in [0.2, 0.25) is 0 Å². The SMILES string of the molecule is CS(=O)(=O)OC[C@H]1CN(c2ccc(N3CCOCC3)cc2)C(=O)O1. The predicted octanol–water partition coefficient (Wildman–Crippen LogP) is 0.825. The van der Waals surface area contributed by atoms with Crippen LogP contribution in [0.4, 0.5) is 16.2 Å². The molecule has 0 saturated carbocycles. The van der Waals surface area contributed by atoms with Crippen molar-refractivity contribution in [2.45, 2.75) is 6.10 Å². The first-order chi connectivity index (χ1) is 11.4. The maximum atomic E-state index is 12.0. The van der Waals surface area contributed by atoms with Crippen molar-refractivity contribution in [3.8, 4) is 0 Å². The predicted molar refractivity (Wildman–Crippen MR) is 87.9 cm³/mol. The van der Waals surface area contributed by atoms with Gasteiger partial charge >= 0.3 is 6.09 Å². The monoisotopic (exact) mass is 356 g/mol. The normalized spacial score (nSPS) is 21.9. The summed E-state index contributed by atoms with van der Waals surface area (Å²) in [6.07, 6.45) is -0.145. The molecule has 3 rings (SSSR count). The van der Waals surface area contributed by atoms with Crippen LogP contribution in [0.25, 0.3) is 0 Å². The average molecular weight is 356 g/mol. The van der Waals surface area contributed by atoms with E-state index >= 15 is 0 Å². The van der Waals surface area contributed by atoms with Crippen molar-refractivity contribution in [3.63, 3.8) is 0 Å². The third kappa shape index (κ3) is 4.16. The number of carbonyl (C=O) groups excluding carboxylic acids is 1. The van der Waals surface area contributed by atoms with Gasteiger partial charge in [0.25, 0.3) is 10.1 Å². The fourth-order valence-electron chi connectivity index (χ4n) is 2.68. The van der Waals surface area contributed by atoms with Crippen LogP contribution < -0.4 is 9.80 Å². The van der Waals surface area contributed by atoms with Crippen LogP contribution in [0.5, 0.6) is 0 Å². The summed E-state index contributed by atoms with van der Waals surface area (Å²) in [5, 5.41) is 0. The van der Waals surface area contributed by atoms with E-state index in [4.69, 9.17) is 13.7 Å². The zero-order chi connectivity index (χ0) is 17.2. The topological polar surface area (TPSA) is 85.4 Å². The summed E-state index contributed by atoms with van der Waals surface area (Å²) in [7, 11) is -3.55. The molecule has 1 amide bonds. The first-order valence-corrected chi connectivity index (χ1v) is 9.49. The van der Waals surface area contributed by atoms with Gasteiger partial charge in [-0.05, 0) is 24.3 Å². The van der Waals surface area contributed by atoms with Crippen molar-refractivity contribution < 1.29 is 26.9 Å². The average Bonchev–Trinajstić information content (AvgIpc) is 2.94. The number of carbonyl (C=O) groups is 1. The lowest BCUT2D eigenvalue weighted by atomic mass is 10.2. The molecule has 2 aliphatic heterocycles. The minimum atomic E-state index is -3.55. The molecule has 1 aromatic rings. The Morgan fingerprint density at radius 2 is 1.79 bits per heavy atom. The van der Waals surface area contributed by atoms with Crippen molar-refractivity contribution >= 4 is 27.6 Å². The molecule has 0 aliphatic carbocycles. The van der Waals surface area contributed by atoms with E-state index in [9.17, 15) is 13.2 Å². The van der Waals surface area contributed by atoms with E-state index < -0.39 is 22.3 Å². The number of hydrogen-bond donors (Lipinski definition) is 0. The van der Waals surface area contributed by atoms with E-state index in [1.165, 1.54) is 4.90 Å². The lowest BCUT2D eigenvalue weighted by molar-refractivity contribution is 0.107. The van der Waals surface area contributed by atoms with Crippen molar-refractivity contribution in [1.82, 2.24) is 0 Å². The van der Waals surface area contributed by atoms with Gasteiger partial charge in [0, 0.05) is 24.5 Å². The number of rotatable bonds is 5. The Hall–Kier alpha value is -1.84. The highest BCUT2D eigenvalue weighted by Gasteiger charge is 2.33. The van der Waals surface area contributed by atoms with Gasteiger partial charge in [0.2, 0.25) is 0 Å². The molecule has 0 unspecified atom stereocenters. The molecule has 2 aliphatic rings. The molecule has 1 atom stereocenters. The summed E-state index contributed by atoms with van der Waals surface area (Å²) in [5.41, 5.74) is 1.78. The maximum absolute atomic E-state index is 12.0. The fraction of sp³-hybridized carbons (Fsp3) is 0.533. The van der Waals surface area contributed by atoms with Crippen LogP contribution in [0.3, 0.4) is 0 Å². The summed E-state index contributed by atoms with van der Waals surface area (Å²) in [4.78, 5) is 15.7. The van der Waals surface area contributed by atoms with Gasteiger partial charge in [-0.3, -0.25) is 9.08 Å². The summed E-state index contributed by atoms with van der Waals surface area (Å²) in [6, 6.07) is 7.61. The van der Waals surface area contributed by atoms with E-state index in [2.05, 4.69) is 4.90 Å². The van der Waals surface area contributed by atoms with Gasteiger partial charge in [-0.1, -0.05) is 0 Å². The molecule has 2 fully saturated rings. The molecule has 8 nitrogen and oxygen atoms in total. The molecule has 1 aromatic carbocycles. The Kier molecular flexibility index (Phi) is 4.93. The van der Waals surface area contributed by atoms with Crippen molar-refractivity contribution in [3.05, 3.63) is 24.3 Å². The van der Waals surface area contributed by atoms with Gasteiger partial charge in [0.15, 0.2) is 0 Å². The first kappa shape index (κ1) is 17.0. The highest BCUT2D eigenvalue weighted by molar-refractivity contribution is 7.85. The minimum Gasteiger partial charge on any atom is -0.441 e. The zero-order valence-corrected chi connectivity index (χ0v) is 14.2. The van der Waals surface area contributed by atoms with Gasteiger partial charge in [0.1, 0.15) is 12.7 Å². The Labute approximate surface area is 141 Å². The summed E-state index contributed by atoms with van der Waals surface area (Å²) in [6.45, 7) is 3.19. The number of nitrogens with zero attached hydrogens (tertiary/aromatic N) is 2. The van der Waals surface area contributed by atoms with Gasteiger partial charge in [-0.15, -0.1) is 0 Å². The molecule has 2 saturated heterocycles. The largest absolute Gasteiger partial charge is 0.441 e. The van der Waals surface area contributed by atoms with Gasteiger partial charge < -0.3 is 14.4 Å². The number of ether oxygens (including phenoxy) is 2. The van der Waals surface area contributed by atoms with E-state index in [1.807, 2.05) is 24.3 Å². The van der Waals surface area contributed by atoms with Crippen LogP contribution in [0.1, 0.15) is 0 Å². The Balaban J connectivity index is 1.62. The number of hydrogen-bond acceptors (Lipinski definition) is 7. The summed E-state index contributed by atoms with van der Waals surface area (Å²) < 4.78 is 37.2. The smallest absolute Gasteiger partial charge is 0.414 e. The molecule has 0 radical (unpaired) electrons. The third-order valence-electron chi connectivity index (χ3n) is 3.88. The molecule has 132 valence electrons. The van der Waals surface area contributed by atoms with Gasteiger partial charge in [-0.25, -0.2) is 4.79 Å². The quantitative estimate of drug-likeness (QED) is 0.722. The number of morpholine rings is 1. The maximum Gasteiger partial charge on any atom is 0.414 e. The molecular weight excluding hydrogens is 336 g/mol. The first-order valence-electron chi connectivity index (χ1n) is 7.68. The lowest BCUT2D eigenvalue weighted by Crippen LogP contribution is -2.36. The number of anilines is 2. The molecule has 24 heavy (non-hydrogen) atoms. The second kappa shape index (κ2) is 6.96. The fourth-order valence-corrected chi connectivity index (χ4v) is 3.08. The van der Waals surface area contributed by atoms with Crippen LogP contribution in [0.15, 0.2) is 24.3 Å². The number of cyclic esters (lactones) is 1. The number of benzene rings is 1. The van der Waals surface area contributed by atoms with Crippen molar-refractivity contribution in [1.29, 1.82) is 0 Å². The summed E-state index contributed by atoms with van der Waals surface area (Å²) in [5.74, 6) is 0. The Morgan fingerprint density at radius 1 is 1.17 bits per heavy atom. The van der Waals surface area contributed by atoms with Crippen molar-refractivity contribution in [2.75, 3.05) is 55.5 Å². The van der Waals surface area contributed by atoms with E-state index in [0.717, 1.165) is 25.0 Å². The van der Waals surface area contributed by atoms with Gasteiger partial charge in [-0.2, -0.15) is 8.42 Å². The Bertz CT molecular complexity index is 684. The molecule has 9 heteroatoms. The minimum absolute atomic E-state index is 0.174. The molecule has 0 N–H and O–H groups in total. The van der Waals surface area contributed by atoms with E-state index in [1.54, 1.807) is 0 Å². The van der Waals surface area contributed by atoms with Crippen LogP contribution in [0, 0.1) is 0 Å². The summed E-state index contributed by atoms with van der Waals surface area (Å²) >= 11 is 0. The second-order valence-corrected chi connectivity index (χ2v) is 7.36.